The second-order valence-corrected chi connectivity index (χ2v) is 13.7. The topological polar surface area (TPSA) is 0 Å². The van der Waals surface area contributed by atoms with Crippen molar-refractivity contribution in [2.45, 2.75) is 38.0 Å². The molecule has 0 heterocycles. The Morgan fingerprint density at radius 3 is 1.62 bits per heavy atom. The highest BCUT2D eigenvalue weighted by Gasteiger charge is 2.50. The fraction of sp³-hybridized carbons (Fsp3) is 0.333. The molecule has 0 saturated heterocycles. The van der Waals surface area contributed by atoms with Gasteiger partial charge in [-0.1, -0.05) is 20.8 Å². The molecule has 8 heteroatoms. The highest BCUT2D eigenvalue weighted by Crippen LogP contribution is 2.61. The molecular formula is C18H12Br8. The van der Waals surface area contributed by atoms with E-state index in [1.54, 1.807) is 0 Å². The van der Waals surface area contributed by atoms with Crippen LogP contribution in [0.5, 0.6) is 0 Å². The first kappa shape index (κ1) is 23.0. The SMILES string of the molecule is CC1(C)CC(C)(c2cc(Br)c(Br)c(Br)c2Br)c2c(Br)c(Br)c(Br)c(Br)c21. The number of benzene rings is 2. The molecule has 0 spiro atoms. The Labute approximate surface area is 221 Å². The van der Waals surface area contributed by atoms with Crippen molar-refractivity contribution in [3.63, 3.8) is 0 Å². The molecule has 0 N–H and O–H groups in total. The summed E-state index contributed by atoms with van der Waals surface area (Å²) >= 11 is 30.1. The van der Waals surface area contributed by atoms with Crippen LogP contribution in [0.3, 0.4) is 0 Å². The van der Waals surface area contributed by atoms with Gasteiger partial charge in [-0.15, -0.1) is 0 Å². The minimum atomic E-state index is -0.173. The molecule has 0 aliphatic heterocycles. The first-order chi connectivity index (χ1) is 11.8. The third-order valence-electron chi connectivity index (χ3n) is 4.99. The summed E-state index contributed by atoms with van der Waals surface area (Å²) in [6.07, 6.45) is 0.995. The van der Waals surface area contributed by atoms with Crippen molar-refractivity contribution in [3.8, 4) is 0 Å². The van der Waals surface area contributed by atoms with Crippen LogP contribution in [0.2, 0.25) is 0 Å². The summed E-state index contributed by atoms with van der Waals surface area (Å²) in [6.45, 7) is 6.95. The maximum Gasteiger partial charge on any atom is 0.0474 e. The Morgan fingerprint density at radius 1 is 0.615 bits per heavy atom. The molecular weight excluding hydrogens is 855 g/mol. The Kier molecular flexibility index (Phi) is 6.85. The summed E-state index contributed by atoms with van der Waals surface area (Å²) in [7, 11) is 0. The molecule has 26 heavy (non-hydrogen) atoms. The van der Waals surface area contributed by atoms with Crippen LogP contribution in [0, 0.1) is 0 Å². The van der Waals surface area contributed by atoms with E-state index in [1.165, 1.54) is 16.7 Å². The summed E-state index contributed by atoms with van der Waals surface area (Å²) in [6, 6.07) is 2.21. The molecule has 1 atom stereocenters. The Hall–Kier alpha value is 2.28. The zero-order valence-corrected chi connectivity index (χ0v) is 26.5. The van der Waals surface area contributed by atoms with Gasteiger partial charge in [-0.05, 0) is 162 Å². The van der Waals surface area contributed by atoms with Gasteiger partial charge in [0.1, 0.15) is 0 Å². The van der Waals surface area contributed by atoms with Crippen LogP contribution in [-0.2, 0) is 10.8 Å². The molecule has 0 fully saturated rings. The molecule has 1 aliphatic rings. The number of halogens is 8. The van der Waals surface area contributed by atoms with E-state index in [4.69, 9.17) is 0 Å². The van der Waals surface area contributed by atoms with Crippen molar-refractivity contribution in [2.75, 3.05) is 0 Å². The van der Waals surface area contributed by atoms with Gasteiger partial charge in [0.25, 0.3) is 0 Å². The number of fused-ring (bicyclic) bond motifs is 1. The average molecular weight is 868 g/mol. The van der Waals surface area contributed by atoms with Crippen LogP contribution in [0.1, 0.15) is 43.9 Å². The highest BCUT2D eigenvalue weighted by molar-refractivity contribution is 9.15. The largest absolute Gasteiger partial charge is 0.0557 e. The third kappa shape index (κ3) is 3.40. The van der Waals surface area contributed by atoms with E-state index < -0.39 is 0 Å². The molecule has 2 aromatic rings. The molecule has 0 aromatic heterocycles. The number of rotatable bonds is 1. The quantitative estimate of drug-likeness (QED) is 0.198. The van der Waals surface area contributed by atoms with E-state index in [-0.39, 0.29) is 10.8 Å². The van der Waals surface area contributed by atoms with E-state index in [0.717, 1.165) is 42.2 Å². The molecule has 1 unspecified atom stereocenters. The molecule has 2 aromatic carbocycles. The van der Waals surface area contributed by atoms with Crippen molar-refractivity contribution in [1.82, 2.24) is 0 Å². The van der Waals surface area contributed by atoms with Gasteiger partial charge in [0.15, 0.2) is 0 Å². The maximum absolute atomic E-state index is 3.87. The summed E-state index contributed by atoms with van der Waals surface area (Å²) in [4.78, 5) is 0. The highest BCUT2D eigenvalue weighted by atomic mass is 79.9. The standard InChI is InChI=1S/C18H12Br8/c1-17(2)5-18(3,6-4-7(19)11(21)14(24)10(6)20)9-8(17)12(22)15(25)16(26)13(9)23/h4H,5H2,1-3H3. The van der Waals surface area contributed by atoms with Crippen LogP contribution >= 0.6 is 127 Å². The van der Waals surface area contributed by atoms with E-state index in [9.17, 15) is 0 Å². The summed E-state index contributed by atoms with van der Waals surface area (Å²) < 4.78 is 8.39. The van der Waals surface area contributed by atoms with Crippen LogP contribution in [-0.4, -0.2) is 0 Å². The Balaban J connectivity index is 2.45. The fourth-order valence-electron chi connectivity index (χ4n) is 4.05. The molecule has 3 rings (SSSR count). The Morgan fingerprint density at radius 2 is 1.08 bits per heavy atom. The molecule has 0 nitrogen and oxygen atoms in total. The van der Waals surface area contributed by atoms with Crippen molar-refractivity contribution in [3.05, 3.63) is 58.5 Å². The molecule has 0 radical (unpaired) electrons. The second-order valence-electron chi connectivity index (χ2n) is 7.25. The van der Waals surface area contributed by atoms with E-state index >= 15 is 0 Å². The maximum atomic E-state index is 3.87. The average Bonchev–Trinajstić information content (AvgIpc) is 2.78. The lowest BCUT2D eigenvalue weighted by Crippen LogP contribution is -2.24. The van der Waals surface area contributed by atoms with Crippen molar-refractivity contribution >= 4 is 127 Å². The second kappa shape index (κ2) is 7.76. The number of hydrogen-bond acceptors (Lipinski definition) is 0. The molecule has 0 bridgehead atoms. The molecule has 0 saturated carbocycles. The smallest absolute Gasteiger partial charge is 0.0474 e. The van der Waals surface area contributed by atoms with Crippen LogP contribution in [0.25, 0.3) is 0 Å². The van der Waals surface area contributed by atoms with E-state index in [1.807, 2.05) is 0 Å². The monoisotopic (exact) mass is 859 g/mol. The first-order valence-corrected chi connectivity index (χ1v) is 13.9. The van der Waals surface area contributed by atoms with Crippen LogP contribution < -0.4 is 0 Å². The van der Waals surface area contributed by atoms with E-state index in [2.05, 4.69) is 154 Å². The van der Waals surface area contributed by atoms with Gasteiger partial charge in [0, 0.05) is 41.2 Å². The van der Waals surface area contributed by atoms with Crippen LogP contribution in [0.4, 0.5) is 0 Å². The molecule has 140 valence electrons. The van der Waals surface area contributed by atoms with Gasteiger partial charge in [0.2, 0.25) is 0 Å². The fourth-order valence-corrected chi connectivity index (χ4v) is 9.59. The van der Waals surface area contributed by atoms with Crippen molar-refractivity contribution in [2.24, 2.45) is 0 Å². The lowest BCUT2D eigenvalue weighted by molar-refractivity contribution is 0.422. The van der Waals surface area contributed by atoms with E-state index in [0.29, 0.717) is 0 Å². The summed E-state index contributed by atoms with van der Waals surface area (Å²) in [5, 5.41) is 0. The summed E-state index contributed by atoms with van der Waals surface area (Å²) in [5.74, 6) is 0. The zero-order chi connectivity index (χ0) is 19.8. The minimum Gasteiger partial charge on any atom is -0.0557 e. The van der Waals surface area contributed by atoms with Gasteiger partial charge in [-0.3, -0.25) is 0 Å². The zero-order valence-electron chi connectivity index (χ0n) is 13.8. The van der Waals surface area contributed by atoms with Gasteiger partial charge in [-0.25, -0.2) is 0 Å². The third-order valence-corrected chi connectivity index (χ3v) is 14.4. The predicted octanol–water partition coefficient (Wildman–Crippen LogP) is 10.8. The lowest BCUT2D eigenvalue weighted by atomic mass is 9.75. The molecule has 0 amide bonds. The predicted molar refractivity (Wildman–Crippen MR) is 139 cm³/mol. The minimum absolute atomic E-state index is 0.0140. The van der Waals surface area contributed by atoms with Gasteiger partial charge >= 0.3 is 0 Å². The van der Waals surface area contributed by atoms with Gasteiger partial charge in [0.05, 0.1) is 0 Å². The normalized spacial score (nSPS) is 21.2. The van der Waals surface area contributed by atoms with Gasteiger partial charge in [-0.2, -0.15) is 0 Å². The number of hydrogen-bond donors (Lipinski definition) is 0. The van der Waals surface area contributed by atoms with Gasteiger partial charge < -0.3 is 0 Å². The molecule has 1 aliphatic carbocycles. The van der Waals surface area contributed by atoms with Crippen molar-refractivity contribution in [1.29, 1.82) is 0 Å². The van der Waals surface area contributed by atoms with Crippen LogP contribution in [0.15, 0.2) is 41.8 Å². The first-order valence-electron chi connectivity index (χ1n) is 7.55. The van der Waals surface area contributed by atoms with Crippen molar-refractivity contribution < 1.29 is 0 Å². The Bertz CT molecular complexity index is 947. The summed E-state index contributed by atoms with van der Waals surface area (Å²) in [5.41, 5.74) is 3.73. The lowest BCUT2D eigenvalue weighted by Gasteiger charge is -2.31.